The van der Waals surface area contributed by atoms with Gasteiger partial charge in [0.25, 0.3) is 0 Å². The minimum Gasteiger partial charge on any atom is -0.508 e. The molecule has 1 aromatic carbocycles. The van der Waals surface area contributed by atoms with Crippen LogP contribution >= 0.6 is 0 Å². The lowest BCUT2D eigenvalue weighted by molar-refractivity contribution is 0.185. The van der Waals surface area contributed by atoms with Gasteiger partial charge in [-0.2, -0.15) is 0 Å². The summed E-state index contributed by atoms with van der Waals surface area (Å²) in [4.78, 5) is 1.68. The number of benzene rings is 1. The van der Waals surface area contributed by atoms with Crippen LogP contribution in [-0.2, 0) is 0 Å². The zero-order valence-corrected chi connectivity index (χ0v) is 7.65. The maximum atomic E-state index is 12.9. The Hall–Kier alpha value is -1.29. The number of anilines is 1. The van der Waals surface area contributed by atoms with Crippen LogP contribution in [0.3, 0.4) is 0 Å². The van der Waals surface area contributed by atoms with Crippen molar-refractivity contribution in [3.05, 3.63) is 24.0 Å². The maximum Gasteiger partial charge on any atom is 0.128 e. The van der Waals surface area contributed by atoms with E-state index >= 15 is 0 Å². The maximum absolute atomic E-state index is 12.9. The number of aliphatic hydroxyl groups excluding tert-OH is 1. The van der Waals surface area contributed by atoms with E-state index in [1.807, 2.05) is 0 Å². The molecule has 3 nitrogen and oxygen atoms in total. The predicted molar refractivity (Wildman–Crippen MR) is 50.7 cm³/mol. The molecule has 2 rings (SSSR count). The highest BCUT2D eigenvalue weighted by atomic mass is 19.1. The third kappa shape index (κ3) is 1.65. The largest absolute Gasteiger partial charge is 0.508 e. The van der Waals surface area contributed by atoms with Crippen molar-refractivity contribution in [2.45, 2.75) is 19.1 Å². The second-order valence-electron chi connectivity index (χ2n) is 3.48. The summed E-state index contributed by atoms with van der Waals surface area (Å²) in [6, 6.07) is 3.82. The highest BCUT2D eigenvalue weighted by Crippen LogP contribution is 2.27. The van der Waals surface area contributed by atoms with E-state index in [2.05, 4.69) is 0 Å². The molecule has 1 heterocycles. The van der Waals surface area contributed by atoms with Crippen molar-refractivity contribution in [2.24, 2.45) is 0 Å². The van der Waals surface area contributed by atoms with Crippen LogP contribution in [0.4, 0.5) is 10.1 Å². The first-order valence-electron chi connectivity index (χ1n) is 4.61. The van der Waals surface area contributed by atoms with Gasteiger partial charge in [-0.05, 0) is 18.9 Å². The number of hydrogen-bond acceptors (Lipinski definition) is 3. The molecule has 1 aliphatic heterocycles. The molecule has 1 aromatic rings. The van der Waals surface area contributed by atoms with Crippen LogP contribution in [0.1, 0.15) is 12.8 Å². The van der Waals surface area contributed by atoms with Crippen molar-refractivity contribution in [1.29, 1.82) is 0 Å². The van der Waals surface area contributed by atoms with E-state index in [9.17, 15) is 14.6 Å². The average Bonchev–Trinajstić information content (AvgIpc) is 2.49. The number of hydrogen-bond donors (Lipinski definition) is 2. The topological polar surface area (TPSA) is 43.7 Å². The van der Waals surface area contributed by atoms with E-state index in [0.29, 0.717) is 18.7 Å². The Kier molecular flexibility index (Phi) is 2.29. The number of aromatic hydroxyl groups is 1. The number of phenolic OH excluding ortho intramolecular Hbond substituents is 1. The standard InChI is InChI=1S/C10H12FNO2/c11-7-4-8(6-9(13)5-7)12-3-1-2-10(12)14/h4-6,10,13-14H,1-3H2. The van der Waals surface area contributed by atoms with Crippen molar-refractivity contribution in [1.82, 2.24) is 0 Å². The van der Waals surface area contributed by atoms with Crippen LogP contribution in [0.2, 0.25) is 0 Å². The molecule has 14 heavy (non-hydrogen) atoms. The van der Waals surface area contributed by atoms with Crippen LogP contribution in [0.25, 0.3) is 0 Å². The number of halogens is 1. The summed E-state index contributed by atoms with van der Waals surface area (Å²) in [7, 11) is 0. The highest BCUT2D eigenvalue weighted by molar-refractivity contribution is 5.51. The normalized spacial score (nSPS) is 21.6. The number of aliphatic hydroxyl groups is 1. The molecule has 0 aromatic heterocycles. The summed E-state index contributed by atoms with van der Waals surface area (Å²) >= 11 is 0. The number of phenols is 1. The minimum absolute atomic E-state index is 0.112. The van der Waals surface area contributed by atoms with Gasteiger partial charge < -0.3 is 15.1 Å². The molecule has 0 bridgehead atoms. The van der Waals surface area contributed by atoms with E-state index in [1.165, 1.54) is 12.1 Å². The van der Waals surface area contributed by atoms with Crippen molar-refractivity contribution < 1.29 is 14.6 Å². The lowest BCUT2D eigenvalue weighted by atomic mass is 10.2. The third-order valence-corrected chi connectivity index (χ3v) is 2.42. The number of rotatable bonds is 1. The Balaban J connectivity index is 2.31. The first kappa shape index (κ1) is 9.27. The first-order valence-corrected chi connectivity index (χ1v) is 4.61. The monoisotopic (exact) mass is 197 g/mol. The molecule has 76 valence electrons. The molecule has 1 fully saturated rings. The van der Waals surface area contributed by atoms with Gasteiger partial charge in [-0.3, -0.25) is 0 Å². The Labute approximate surface area is 81.4 Å². The Bertz CT molecular complexity index is 323. The Morgan fingerprint density at radius 2 is 2.14 bits per heavy atom. The van der Waals surface area contributed by atoms with Gasteiger partial charge in [0, 0.05) is 24.4 Å². The van der Waals surface area contributed by atoms with Gasteiger partial charge in [-0.15, -0.1) is 0 Å². The van der Waals surface area contributed by atoms with Gasteiger partial charge in [-0.1, -0.05) is 0 Å². The molecule has 1 aliphatic rings. The highest BCUT2D eigenvalue weighted by Gasteiger charge is 2.22. The molecule has 4 heteroatoms. The van der Waals surface area contributed by atoms with Gasteiger partial charge in [-0.25, -0.2) is 4.39 Å². The fourth-order valence-electron chi connectivity index (χ4n) is 1.78. The van der Waals surface area contributed by atoms with Crippen LogP contribution in [0.15, 0.2) is 18.2 Å². The first-order chi connectivity index (χ1) is 6.66. The Morgan fingerprint density at radius 3 is 2.71 bits per heavy atom. The Morgan fingerprint density at radius 1 is 1.36 bits per heavy atom. The lowest BCUT2D eigenvalue weighted by Crippen LogP contribution is -2.28. The van der Waals surface area contributed by atoms with Gasteiger partial charge in [0.05, 0.1) is 0 Å². The van der Waals surface area contributed by atoms with E-state index in [4.69, 9.17) is 0 Å². The summed E-state index contributed by atoms with van der Waals surface area (Å²) in [6.07, 6.45) is 1.02. The molecule has 0 saturated carbocycles. The van der Waals surface area contributed by atoms with Crippen LogP contribution in [-0.4, -0.2) is 23.0 Å². The quantitative estimate of drug-likeness (QED) is 0.716. The van der Waals surface area contributed by atoms with Crippen molar-refractivity contribution >= 4 is 5.69 Å². The van der Waals surface area contributed by atoms with Gasteiger partial charge in [0.2, 0.25) is 0 Å². The average molecular weight is 197 g/mol. The van der Waals surface area contributed by atoms with E-state index in [0.717, 1.165) is 12.5 Å². The molecule has 0 radical (unpaired) electrons. The second kappa shape index (κ2) is 3.46. The SMILES string of the molecule is Oc1cc(F)cc(N2CCCC2O)c1. The fourth-order valence-corrected chi connectivity index (χ4v) is 1.78. The van der Waals surface area contributed by atoms with E-state index in [1.54, 1.807) is 4.90 Å². The van der Waals surface area contributed by atoms with Crippen molar-refractivity contribution in [2.75, 3.05) is 11.4 Å². The molecule has 2 N–H and O–H groups in total. The summed E-state index contributed by atoms with van der Waals surface area (Å²) < 4.78 is 12.9. The van der Waals surface area contributed by atoms with Crippen molar-refractivity contribution in [3.63, 3.8) is 0 Å². The van der Waals surface area contributed by atoms with Gasteiger partial charge >= 0.3 is 0 Å². The lowest BCUT2D eigenvalue weighted by Gasteiger charge is -2.22. The third-order valence-electron chi connectivity index (χ3n) is 2.42. The summed E-state index contributed by atoms with van der Waals surface area (Å²) in [6.45, 7) is 0.698. The molecule has 0 amide bonds. The van der Waals surface area contributed by atoms with Crippen LogP contribution in [0.5, 0.6) is 5.75 Å². The predicted octanol–water partition coefficient (Wildman–Crippen LogP) is 1.45. The van der Waals surface area contributed by atoms with Crippen LogP contribution in [0, 0.1) is 5.82 Å². The summed E-state index contributed by atoms with van der Waals surface area (Å²) in [5.41, 5.74) is 0.535. The van der Waals surface area contributed by atoms with Gasteiger partial charge in [0.15, 0.2) is 0 Å². The fraction of sp³-hybridized carbons (Fsp3) is 0.400. The van der Waals surface area contributed by atoms with E-state index < -0.39 is 12.0 Å². The molecular weight excluding hydrogens is 185 g/mol. The zero-order valence-electron chi connectivity index (χ0n) is 7.65. The molecule has 1 unspecified atom stereocenters. The smallest absolute Gasteiger partial charge is 0.128 e. The zero-order chi connectivity index (χ0) is 10.1. The summed E-state index contributed by atoms with van der Waals surface area (Å²) in [5.74, 6) is -0.599. The molecule has 0 spiro atoms. The molecular formula is C10H12FNO2. The molecule has 1 atom stereocenters. The van der Waals surface area contributed by atoms with Crippen molar-refractivity contribution in [3.8, 4) is 5.75 Å². The number of nitrogens with zero attached hydrogens (tertiary/aromatic N) is 1. The molecule has 0 aliphatic carbocycles. The summed E-state index contributed by atoms with van der Waals surface area (Å²) in [5, 5.41) is 18.7. The second-order valence-corrected chi connectivity index (χ2v) is 3.48. The van der Waals surface area contributed by atoms with Crippen LogP contribution < -0.4 is 4.90 Å². The minimum atomic E-state index is -0.559. The van der Waals surface area contributed by atoms with Gasteiger partial charge in [0.1, 0.15) is 17.8 Å². The van der Waals surface area contributed by atoms with E-state index in [-0.39, 0.29) is 5.75 Å². The molecule has 1 saturated heterocycles.